The number of nitrogens with one attached hydrogen (secondary N) is 2. The average Bonchev–Trinajstić information content (AvgIpc) is 3.29. The van der Waals surface area contributed by atoms with Gasteiger partial charge in [0, 0.05) is 25.7 Å². The number of carbonyl (C=O) groups excluding carboxylic acids is 1. The number of hydrogen-bond donors (Lipinski definition) is 3. The van der Waals surface area contributed by atoms with E-state index in [9.17, 15) is 18.7 Å². The molecule has 1 heterocycles. The topological polar surface area (TPSA) is 116 Å². The summed E-state index contributed by atoms with van der Waals surface area (Å²) in [5.41, 5.74) is 0.673. The van der Waals surface area contributed by atoms with Crippen molar-refractivity contribution in [3.8, 4) is 6.19 Å². The number of nitriles is 1. The Kier molecular flexibility index (Phi) is 9.21. The number of carbonyl (C=O) groups is 1. The fraction of sp³-hybridized carbons (Fsp3) is 0.333. The Morgan fingerprint density at radius 1 is 1.31 bits per heavy atom. The molecule has 1 atom stereocenters. The van der Waals surface area contributed by atoms with E-state index in [1.165, 1.54) is 17.0 Å². The van der Waals surface area contributed by atoms with Crippen molar-refractivity contribution in [1.29, 1.82) is 5.26 Å². The maximum atomic E-state index is 14.7. The minimum atomic E-state index is -1.11. The second-order valence-corrected chi connectivity index (χ2v) is 8.98. The van der Waals surface area contributed by atoms with Gasteiger partial charge in [0.2, 0.25) is 5.96 Å². The highest BCUT2D eigenvalue weighted by Crippen LogP contribution is 2.51. The molecule has 2 aromatic rings. The normalized spacial score (nSPS) is 17.4. The number of aliphatic hydroxyl groups excluding tert-OH is 1. The predicted octanol–water partition coefficient (Wildman–Crippen LogP) is 3.35. The first kappa shape index (κ1) is 26.9. The summed E-state index contributed by atoms with van der Waals surface area (Å²) in [5, 5.41) is 29.9. The molecule has 3 N–H and O–H groups in total. The molecular weight excluding hydrogens is 488 g/mol. The second-order valence-electron chi connectivity index (χ2n) is 7.71. The van der Waals surface area contributed by atoms with Gasteiger partial charge in [-0.15, -0.1) is 0 Å². The number of amides is 2. The minimum Gasteiger partial charge on any atom is -0.376 e. The molecule has 0 bridgehead atoms. The number of aliphatic hydroxyl groups is 1. The molecule has 9 nitrogen and oxygen atoms in total. The van der Waals surface area contributed by atoms with Gasteiger partial charge in [0.15, 0.2) is 6.19 Å². The maximum absolute atomic E-state index is 14.7. The summed E-state index contributed by atoms with van der Waals surface area (Å²) in [6.07, 6.45) is 2.66. The number of thioether (sulfide) groups is 1. The lowest BCUT2D eigenvalue weighted by molar-refractivity contribution is 0.0821. The molecule has 0 fully saturated rings. The van der Waals surface area contributed by atoms with Gasteiger partial charge >= 0.3 is 6.03 Å². The van der Waals surface area contributed by atoms with Gasteiger partial charge in [-0.1, -0.05) is 42.1 Å². The Labute approximate surface area is 212 Å². The number of halogens is 2. The number of aliphatic imine (C=N–C) groups is 1. The van der Waals surface area contributed by atoms with Gasteiger partial charge in [-0.05, 0) is 43.5 Å². The van der Waals surface area contributed by atoms with E-state index >= 15 is 0 Å². The Hall–Kier alpha value is -3.69. The van der Waals surface area contributed by atoms with E-state index in [0.29, 0.717) is 25.3 Å². The smallest absolute Gasteiger partial charge is 0.343 e. The lowest BCUT2D eigenvalue weighted by Gasteiger charge is -2.38. The first-order chi connectivity index (χ1) is 17.4. The van der Waals surface area contributed by atoms with Gasteiger partial charge in [0.1, 0.15) is 28.3 Å². The third-order valence-electron chi connectivity index (χ3n) is 5.57. The fourth-order valence-electron chi connectivity index (χ4n) is 3.74. The molecule has 1 aliphatic rings. The molecule has 0 radical (unpaired) electrons. The third-order valence-corrected chi connectivity index (χ3v) is 7.01. The molecule has 1 unspecified atom stereocenters. The molecule has 0 saturated carbocycles. The molecule has 3 rings (SSSR count). The summed E-state index contributed by atoms with van der Waals surface area (Å²) in [5.74, 6) is -0.994. The SMILES string of the molecule is CCN(CO)C(=O)N1N=C(c2cc(F)ccc2F)SC1(CCCNC(=NC)NC#N)c1ccccc1. The molecule has 12 heteroatoms. The Morgan fingerprint density at radius 3 is 2.69 bits per heavy atom. The lowest BCUT2D eigenvalue weighted by Crippen LogP contribution is -2.49. The van der Waals surface area contributed by atoms with Crippen LogP contribution in [0, 0.1) is 23.1 Å². The molecule has 0 spiro atoms. The molecule has 0 aromatic heterocycles. The average molecular weight is 516 g/mol. The summed E-state index contributed by atoms with van der Waals surface area (Å²) in [4.78, 5) is 17.6. The number of urea groups is 1. The zero-order valence-electron chi connectivity index (χ0n) is 19.9. The lowest BCUT2D eigenvalue weighted by atomic mass is 10.0. The van der Waals surface area contributed by atoms with Crippen LogP contribution >= 0.6 is 11.8 Å². The van der Waals surface area contributed by atoms with Gasteiger partial charge in [-0.2, -0.15) is 15.4 Å². The van der Waals surface area contributed by atoms with Crippen LogP contribution in [-0.2, 0) is 4.87 Å². The fourth-order valence-corrected chi connectivity index (χ4v) is 5.15. The van der Waals surface area contributed by atoms with Crippen LogP contribution in [0.1, 0.15) is 30.9 Å². The molecule has 36 heavy (non-hydrogen) atoms. The van der Waals surface area contributed by atoms with Crippen LogP contribution in [0.25, 0.3) is 0 Å². The van der Waals surface area contributed by atoms with E-state index < -0.39 is 29.3 Å². The van der Waals surface area contributed by atoms with E-state index in [-0.39, 0.29) is 17.2 Å². The number of hydrazone groups is 1. The zero-order valence-corrected chi connectivity index (χ0v) is 20.7. The number of guanidine groups is 1. The van der Waals surface area contributed by atoms with Crippen LogP contribution in [0.4, 0.5) is 13.6 Å². The van der Waals surface area contributed by atoms with Crippen LogP contribution in [-0.4, -0.2) is 58.9 Å². The van der Waals surface area contributed by atoms with Crippen LogP contribution in [0.2, 0.25) is 0 Å². The largest absolute Gasteiger partial charge is 0.376 e. The quantitative estimate of drug-likeness (QED) is 0.124. The highest BCUT2D eigenvalue weighted by atomic mass is 32.2. The Bertz CT molecular complexity index is 1170. The number of rotatable bonds is 8. The zero-order chi connectivity index (χ0) is 26.1. The van der Waals surface area contributed by atoms with Crippen LogP contribution in [0.15, 0.2) is 58.6 Å². The maximum Gasteiger partial charge on any atom is 0.343 e. The highest BCUT2D eigenvalue weighted by molar-refractivity contribution is 8.15. The van der Waals surface area contributed by atoms with Gasteiger partial charge < -0.3 is 15.3 Å². The molecule has 0 aliphatic carbocycles. The predicted molar refractivity (Wildman–Crippen MR) is 135 cm³/mol. The van der Waals surface area contributed by atoms with Crippen molar-refractivity contribution in [2.45, 2.75) is 24.6 Å². The van der Waals surface area contributed by atoms with Crippen molar-refractivity contribution in [2.75, 3.05) is 26.9 Å². The molecule has 190 valence electrons. The molecule has 0 saturated heterocycles. The van der Waals surface area contributed by atoms with E-state index in [1.54, 1.807) is 13.1 Å². The summed E-state index contributed by atoms with van der Waals surface area (Å²) in [6.45, 7) is 1.81. The van der Waals surface area contributed by atoms with Crippen molar-refractivity contribution in [3.63, 3.8) is 0 Å². The third kappa shape index (κ3) is 5.75. The van der Waals surface area contributed by atoms with E-state index in [2.05, 4.69) is 20.7 Å². The standard InChI is InChI=1S/C24H27F2N7O2S/c1-3-32(16-34)23(35)33-24(17-8-5-4-6-9-17,12-7-13-29-22(28-2)30-15-27)36-21(31-33)19-14-18(25)10-11-20(19)26/h4-6,8-11,14,34H,3,7,12-13,16H2,1-2H3,(H2,28,29,30). The van der Waals surface area contributed by atoms with Crippen molar-refractivity contribution in [2.24, 2.45) is 10.1 Å². The van der Waals surface area contributed by atoms with Gasteiger partial charge in [-0.25, -0.2) is 13.6 Å². The first-order valence-corrected chi connectivity index (χ1v) is 12.1. The van der Waals surface area contributed by atoms with Crippen molar-refractivity contribution < 1.29 is 18.7 Å². The minimum absolute atomic E-state index is 0.0561. The summed E-state index contributed by atoms with van der Waals surface area (Å²) >= 11 is 1.15. The van der Waals surface area contributed by atoms with Crippen molar-refractivity contribution in [1.82, 2.24) is 20.5 Å². The molecule has 1 aliphatic heterocycles. The van der Waals surface area contributed by atoms with Gasteiger partial charge in [0.05, 0.1) is 0 Å². The van der Waals surface area contributed by atoms with Gasteiger partial charge in [-0.3, -0.25) is 10.3 Å². The van der Waals surface area contributed by atoms with Crippen LogP contribution < -0.4 is 10.6 Å². The Balaban J connectivity index is 2.04. The summed E-state index contributed by atoms with van der Waals surface area (Å²) in [7, 11) is 1.53. The highest BCUT2D eigenvalue weighted by Gasteiger charge is 2.49. The number of nitrogens with zero attached hydrogens (tertiary/aromatic N) is 5. The van der Waals surface area contributed by atoms with Gasteiger partial charge in [0.25, 0.3) is 0 Å². The van der Waals surface area contributed by atoms with E-state index in [4.69, 9.17) is 5.26 Å². The van der Waals surface area contributed by atoms with Crippen LogP contribution in [0.3, 0.4) is 0 Å². The molecule has 2 aromatic carbocycles. The van der Waals surface area contributed by atoms with E-state index in [0.717, 1.165) is 35.5 Å². The van der Waals surface area contributed by atoms with E-state index in [1.807, 2.05) is 30.3 Å². The second kappa shape index (κ2) is 12.3. The molecule has 2 amide bonds. The summed E-state index contributed by atoms with van der Waals surface area (Å²) in [6, 6.07) is 11.7. The monoisotopic (exact) mass is 515 g/mol. The number of benzene rings is 2. The van der Waals surface area contributed by atoms with Crippen molar-refractivity contribution >= 4 is 28.8 Å². The summed E-state index contributed by atoms with van der Waals surface area (Å²) < 4.78 is 28.8. The van der Waals surface area contributed by atoms with Crippen LogP contribution in [0.5, 0.6) is 0 Å². The first-order valence-electron chi connectivity index (χ1n) is 11.2. The number of hydrogen-bond acceptors (Lipinski definition) is 6. The van der Waals surface area contributed by atoms with Crippen molar-refractivity contribution in [3.05, 3.63) is 71.3 Å². The Morgan fingerprint density at radius 2 is 2.06 bits per heavy atom. The molecular formula is C24H27F2N7O2S.